The van der Waals surface area contributed by atoms with Gasteiger partial charge in [0.1, 0.15) is 6.04 Å². The molecule has 0 aliphatic heterocycles. The second kappa shape index (κ2) is 5.20. The fourth-order valence-corrected chi connectivity index (χ4v) is 0.831. The Hall–Kier alpha value is -1.50. The highest BCUT2D eigenvalue weighted by molar-refractivity contribution is 5.84. The summed E-state index contributed by atoms with van der Waals surface area (Å²) >= 11 is 0. The molecule has 0 spiro atoms. The van der Waals surface area contributed by atoms with E-state index in [-0.39, 0.29) is 12.3 Å². The van der Waals surface area contributed by atoms with Gasteiger partial charge in [-0.2, -0.15) is 0 Å². The highest BCUT2D eigenvalue weighted by atomic mass is 16.4. The van der Waals surface area contributed by atoms with Crippen LogP contribution in [0.15, 0.2) is 0 Å². The zero-order chi connectivity index (χ0) is 10.4. The number of terminal acetylenes is 1. The molecule has 0 rings (SSSR count). The number of rotatable bonds is 4. The summed E-state index contributed by atoms with van der Waals surface area (Å²) in [6.07, 6.45) is 4.81. The van der Waals surface area contributed by atoms with E-state index in [1.807, 2.05) is 0 Å². The molecule has 1 atom stereocenters. The highest BCUT2D eigenvalue weighted by Gasteiger charge is 2.22. The summed E-state index contributed by atoms with van der Waals surface area (Å²) in [7, 11) is 0. The lowest BCUT2D eigenvalue weighted by Crippen LogP contribution is -2.44. The smallest absolute Gasteiger partial charge is 0.326 e. The van der Waals surface area contributed by atoms with Crippen LogP contribution in [0.5, 0.6) is 0 Å². The van der Waals surface area contributed by atoms with Crippen LogP contribution in [0.2, 0.25) is 0 Å². The molecule has 0 aromatic heterocycles. The van der Waals surface area contributed by atoms with Crippen LogP contribution in [-0.4, -0.2) is 23.0 Å². The summed E-state index contributed by atoms with van der Waals surface area (Å²) in [6, 6.07) is -0.860. The minimum atomic E-state index is -1.04. The van der Waals surface area contributed by atoms with Gasteiger partial charge in [0.2, 0.25) is 5.91 Å². The first kappa shape index (κ1) is 11.5. The van der Waals surface area contributed by atoms with Crippen LogP contribution in [0.1, 0.15) is 20.3 Å². The van der Waals surface area contributed by atoms with Crippen molar-refractivity contribution in [1.29, 1.82) is 0 Å². The number of hydrogen-bond acceptors (Lipinski definition) is 2. The van der Waals surface area contributed by atoms with Gasteiger partial charge in [-0.15, -0.1) is 6.42 Å². The Labute approximate surface area is 77.3 Å². The molecule has 0 aliphatic rings. The van der Waals surface area contributed by atoms with E-state index in [1.165, 1.54) is 0 Å². The van der Waals surface area contributed by atoms with E-state index in [9.17, 15) is 9.59 Å². The molecule has 2 N–H and O–H groups in total. The Balaban J connectivity index is 4.20. The minimum Gasteiger partial charge on any atom is -0.480 e. The molecular formula is C9H13NO3. The van der Waals surface area contributed by atoms with Gasteiger partial charge in [-0.05, 0) is 5.92 Å². The van der Waals surface area contributed by atoms with Crippen molar-refractivity contribution in [3.63, 3.8) is 0 Å². The number of nitrogens with one attached hydrogen (secondary N) is 1. The average molecular weight is 183 g/mol. The van der Waals surface area contributed by atoms with E-state index in [0.29, 0.717) is 0 Å². The molecule has 72 valence electrons. The third kappa shape index (κ3) is 4.16. The maximum absolute atomic E-state index is 10.9. The predicted octanol–water partition coefficient (Wildman–Crippen LogP) is 0.235. The molecule has 0 heterocycles. The van der Waals surface area contributed by atoms with Crippen molar-refractivity contribution in [3.05, 3.63) is 0 Å². The van der Waals surface area contributed by atoms with E-state index in [0.717, 1.165) is 0 Å². The molecule has 0 bridgehead atoms. The van der Waals surface area contributed by atoms with Crippen LogP contribution in [0.4, 0.5) is 0 Å². The van der Waals surface area contributed by atoms with Gasteiger partial charge in [-0.3, -0.25) is 4.79 Å². The van der Waals surface area contributed by atoms with E-state index in [2.05, 4.69) is 11.2 Å². The molecule has 1 amide bonds. The number of carboxylic acid groups (broad SMARTS) is 1. The number of carboxylic acids is 1. The molecular weight excluding hydrogens is 170 g/mol. The van der Waals surface area contributed by atoms with Crippen molar-refractivity contribution in [2.45, 2.75) is 26.3 Å². The molecule has 1 unspecified atom stereocenters. The van der Waals surface area contributed by atoms with Gasteiger partial charge in [-0.25, -0.2) is 4.79 Å². The lowest BCUT2D eigenvalue weighted by Gasteiger charge is -2.16. The number of amides is 1. The van der Waals surface area contributed by atoms with Gasteiger partial charge in [0.15, 0.2) is 0 Å². The Morgan fingerprint density at radius 3 is 2.38 bits per heavy atom. The lowest BCUT2D eigenvalue weighted by atomic mass is 10.0. The third-order valence-electron chi connectivity index (χ3n) is 1.51. The molecule has 0 fully saturated rings. The van der Waals surface area contributed by atoms with Gasteiger partial charge < -0.3 is 10.4 Å². The topological polar surface area (TPSA) is 66.4 Å². The van der Waals surface area contributed by atoms with Crippen LogP contribution in [0.25, 0.3) is 0 Å². The van der Waals surface area contributed by atoms with E-state index < -0.39 is 17.9 Å². The summed E-state index contributed by atoms with van der Waals surface area (Å²) in [5.74, 6) is 0.524. The van der Waals surface area contributed by atoms with Gasteiger partial charge >= 0.3 is 5.97 Å². The average Bonchev–Trinajstić information content (AvgIpc) is 1.99. The first-order chi connectivity index (χ1) is 5.99. The number of aliphatic carboxylic acids is 1. The van der Waals surface area contributed by atoms with Crippen molar-refractivity contribution >= 4 is 11.9 Å². The van der Waals surface area contributed by atoms with Crippen molar-refractivity contribution in [2.24, 2.45) is 5.92 Å². The van der Waals surface area contributed by atoms with Crippen LogP contribution in [-0.2, 0) is 9.59 Å². The zero-order valence-electron chi connectivity index (χ0n) is 7.70. The maximum Gasteiger partial charge on any atom is 0.326 e. The van der Waals surface area contributed by atoms with Crippen LogP contribution < -0.4 is 5.32 Å². The summed E-state index contributed by atoms with van der Waals surface area (Å²) in [6.45, 7) is 3.43. The third-order valence-corrected chi connectivity index (χ3v) is 1.51. The van der Waals surface area contributed by atoms with Crippen molar-refractivity contribution in [2.75, 3.05) is 0 Å². The first-order valence-corrected chi connectivity index (χ1v) is 3.94. The monoisotopic (exact) mass is 183 g/mol. The predicted molar refractivity (Wildman–Crippen MR) is 47.9 cm³/mol. The normalized spacial score (nSPS) is 11.8. The Morgan fingerprint density at radius 1 is 1.54 bits per heavy atom. The van der Waals surface area contributed by atoms with Crippen LogP contribution in [0.3, 0.4) is 0 Å². The fraction of sp³-hybridized carbons (Fsp3) is 0.556. The fourth-order valence-electron chi connectivity index (χ4n) is 0.831. The second-order valence-electron chi connectivity index (χ2n) is 3.01. The van der Waals surface area contributed by atoms with Gasteiger partial charge in [0, 0.05) is 0 Å². The van der Waals surface area contributed by atoms with Gasteiger partial charge in [-0.1, -0.05) is 19.8 Å². The Kier molecular flexibility index (Phi) is 4.60. The maximum atomic E-state index is 10.9. The number of carbonyl (C=O) groups excluding carboxylic acids is 1. The largest absolute Gasteiger partial charge is 0.480 e. The Bertz CT molecular complexity index is 240. The molecule has 0 radical (unpaired) electrons. The van der Waals surface area contributed by atoms with E-state index >= 15 is 0 Å². The first-order valence-electron chi connectivity index (χ1n) is 3.94. The summed E-state index contributed by atoms with van der Waals surface area (Å²) < 4.78 is 0. The van der Waals surface area contributed by atoms with Crippen molar-refractivity contribution < 1.29 is 14.7 Å². The van der Waals surface area contributed by atoms with E-state index in [1.54, 1.807) is 13.8 Å². The molecule has 0 aliphatic carbocycles. The molecule has 0 aromatic carbocycles. The van der Waals surface area contributed by atoms with Crippen LogP contribution >= 0.6 is 0 Å². The van der Waals surface area contributed by atoms with Crippen molar-refractivity contribution in [1.82, 2.24) is 5.32 Å². The number of carbonyl (C=O) groups is 2. The SMILES string of the molecule is C#CCC(=O)NC(C(=O)O)C(C)C. The van der Waals surface area contributed by atoms with Crippen molar-refractivity contribution in [3.8, 4) is 12.3 Å². The molecule has 0 saturated carbocycles. The molecule has 13 heavy (non-hydrogen) atoms. The zero-order valence-corrected chi connectivity index (χ0v) is 7.70. The summed E-state index contributed by atoms with van der Waals surface area (Å²) in [5.41, 5.74) is 0. The quantitative estimate of drug-likeness (QED) is 0.613. The van der Waals surface area contributed by atoms with E-state index in [4.69, 9.17) is 11.5 Å². The Morgan fingerprint density at radius 2 is 2.08 bits per heavy atom. The van der Waals surface area contributed by atoms with Gasteiger partial charge in [0.25, 0.3) is 0 Å². The molecule has 0 saturated heterocycles. The molecule has 0 aromatic rings. The lowest BCUT2D eigenvalue weighted by molar-refractivity contribution is -0.142. The second-order valence-corrected chi connectivity index (χ2v) is 3.01. The minimum absolute atomic E-state index is 0.0868. The van der Waals surface area contributed by atoms with Crippen LogP contribution in [0, 0.1) is 18.3 Å². The van der Waals surface area contributed by atoms with Gasteiger partial charge in [0.05, 0.1) is 6.42 Å². The number of hydrogen-bond donors (Lipinski definition) is 2. The summed E-state index contributed by atoms with van der Waals surface area (Å²) in [4.78, 5) is 21.6. The molecule has 4 nitrogen and oxygen atoms in total. The highest BCUT2D eigenvalue weighted by Crippen LogP contribution is 2.01. The standard InChI is InChI=1S/C9H13NO3/c1-4-5-7(11)10-8(6(2)3)9(12)13/h1,6,8H,5H2,2-3H3,(H,10,11)(H,12,13). The summed E-state index contributed by atoms with van der Waals surface area (Å²) in [5, 5.41) is 11.0. The molecule has 4 heteroatoms.